The van der Waals surface area contributed by atoms with Gasteiger partial charge in [-0.1, -0.05) is 0 Å². The highest BCUT2D eigenvalue weighted by atomic mass is 15.2. The number of aromatic nitrogens is 2. The molecule has 0 aromatic carbocycles. The second-order valence-corrected chi connectivity index (χ2v) is 5.83. The van der Waals surface area contributed by atoms with Crippen molar-refractivity contribution in [2.24, 2.45) is 5.41 Å². The molecule has 0 atom stereocenters. The predicted octanol–water partition coefficient (Wildman–Crippen LogP) is 2.78. The van der Waals surface area contributed by atoms with Crippen molar-refractivity contribution < 1.29 is 0 Å². The van der Waals surface area contributed by atoms with E-state index in [1.165, 1.54) is 50.2 Å². The van der Waals surface area contributed by atoms with Crippen LogP contribution < -0.4 is 4.90 Å². The van der Waals surface area contributed by atoms with Crippen LogP contribution in [0.5, 0.6) is 0 Å². The van der Waals surface area contributed by atoms with Crippen LogP contribution >= 0.6 is 0 Å². The van der Waals surface area contributed by atoms with E-state index >= 15 is 0 Å². The van der Waals surface area contributed by atoms with Crippen molar-refractivity contribution in [3.63, 3.8) is 0 Å². The van der Waals surface area contributed by atoms with Crippen LogP contribution in [0.4, 0.5) is 5.82 Å². The highest BCUT2D eigenvalue weighted by Crippen LogP contribution is 2.52. The van der Waals surface area contributed by atoms with Crippen LogP contribution in [0.15, 0.2) is 0 Å². The fraction of sp³-hybridized carbons (Fsp3) is 0.714. The molecular weight excluding hydrogens is 210 g/mol. The van der Waals surface area contributed by atoms with Gasteiger partial charge in [-0.25, -0.2) is 9.97 Å². The Bertz CT molecular complexity index is 449. The van der Waals surface area contributed by atoms with E-state index < -0.39 is 0 Å². The molecule has 1 aromatic heterocycles. The van der Waals surface area contributed by atoms with E-state index in [9.17, 15) is 0 Å². The van der Waals surface area contributed by atoms with Gasteiger partial charge in [-0.05, 0) is 51.9 Å². The first kappa shape index (κ1) is 11.0. The summed E-state index contributed by atoms with van der Waals surface area (Å²) >= 11 is 0. The zero-order valence-corrected chi connectivity index (χ0v) is 11.1. The van der Waals surface area contributed by atoms with Crippen LogP contribution in [0.25, 0.3) is 0 Å². The maximum Gasteiger partial charge on any atom is 0.135 e. The second kappa shape index (κ2) is 3.69. The lowest BCUT2D eigenvalue weighted by atomic mass is 9.95. The minimum atomic E-state index is 0.650. The Morgan fingerprint density at radius 1 is 1.06 bits per heavy atom. The summed E-state index contributed by atoms with van der Waals surface area (Å²) in [6.45, 7) is 8.61. The van der Waals surface area contributed by atoms with E-state index in [-0.39, 0.29) is 0 Å². The Hall–Kier alpha value is -1.12. The van der Waals surface area contributed by atoms with Crippen molar-refractivity contribution >= 4 is 5.82 Å². The van der Waals surface area contributed by atoms with Crippen molar-refractivity contribution in [2.45, 2.75) is 46.5 Å². The molecule has 2 fully saturated rings. The molecule has 0 unspecified atom stereocenters. The topological polar surface area (TPSA) is 29.0 Å². The molecule has 0 amide bonds. The summed E-state index contributed by atoms with van der Waals surface area (Å²) in [5.74, 6) is 2.08. The number of nitrogens with zero attached hydrogens (tertiary/aromatic N) is 3. The highest BCUT2D eigenvalue weighted by Gasteiger charge is 2.45. The minimum Gasteiger partial charge on any atom is -0.356 e. The fourth-order valence-electron chi connectivity index (χ4n) is 3.03. The zero-order valence-electron chi connectivity index (χ0n) is 11.1. The molecule has 92 valence electrons. The molecule has 0 radical (unpaired) electrons. The van der Waals surface area contributed by atoms with Crippen molar-refractivity contribution in [2.75, 3.05) is 18.0 Å². The first-order chi connectivity index (χ1) is 8.10. The van der Waals surface area contributed by atoms with E-state index in [4.69, 9.17) is 0 Å². The van der Waals surface area contributed by atoms with E-state index in [0.29, 0.717) is 5.41 Å². The number of rotatable bonds is 1. The molecule has 3 nitrogen and oxygen atoms in total. The molecule has 1 aromatic rings. The van der Waals surface area contributed by atoms with Crippen LogP contribution in [0.3, 0.4) is 0 Å². The van der Waals surface area contributed by atoms with Gasteiger partial charge >= 0.3 is 0 Å². The molecule has 2 aliphatic rings. The van der Waals surface area contributed by atoms with Gasteiger partial charge < -0.3 is 4.90 Å². The summed E-state index contributed by atoms with van der Waals surface area (Å²) in [7, 11) is 0. The first-order valence-electron chi connectivity index (χ1n) is 6.66. The maximum absolute atomic E-state index is 4.67. The summed E-state index contributed by atoms with van der Waals surface area (Å²) in [4.78, 5) is 11.6. The summed E-state index contributed by atoms with van der Waals surface area (Å²) in [6, 6.07) is 0. The van der Waals surface area contributed by atoms with Crippen molar-refractivity contribution in [3.05, 3.63) is 17.1 Å². The number of hydrogen-bond donors (Lipinski definition) is 0. The molecule has 0 N–H and O–H groups in total. The molecule has 1 spiro atoms. The SMILES string of the molecule is Cc1nc(C)c(C)c(N2CCCC3(CC3)C2)n1. The fourth-order valence-corrected chi connectivity index (χ4v) is 3.03. The number of aryl methyl sites for hydroxylation is 2. The molecule has 3 rings (SSSR count). The van der Waals surface area contributed by atoms with E-state index in [1.54, 1.807) is 0 Å². The third-order valence-corrected chi connectivity index (χ3v) is 4.39. The van der Waals surface area contributed by atoms with Gasteiger partial charge in [0.1, 0.15) is 11.6 Å². The highest BCUT2D eigenvalue weighted by molar-refractivity contribution is 5.49. The lowest BCUT2D eigenvalue weighted by Gasteiger charge is -2.35. The Morgan fingerprint density at radius 3 is 2.53 bits per heavy atom. The third-order valence-electron chi connectivity index (χ3n) is 4.39. The summed E-state index contributed by atoms with van der Waals surface area (Å²) in [5, 5.41) is 0. The Morgan fingerprint density at radius 2 is 1.82 bits per heavy atom. The number of piperidine rings is 1. The van der Waals surface area contributed by atoms with Gasteiger partial charge in [0.2, 0.25) is 0 Å². The first-order valence-corrected chi connectivity index (χ1v) is 6.66. The van der Waals surface area contributed by atoms with Gasteiger partial charge in [0.05, 0.1) is 0 Å². The van der Waals surface area contributed by atoms with Crippen molar-refractivity contribution in [3.8, 4) is 0 Å². The predicted molar refractivity (Wildman–Crippen MR) is 69.4 cm³/mol. The number of anilines is 1. The van der Waals surface area contributed by atoms with Crippen molar-refractivity contribution in [1.29, 1.82) is 0 Å². The Labute approximate surface area is 103 Å². The van der Waals surface area contributed by atoms with Gasteiger partial charge in [-0.3, -0.25) is 0 Å². The van der Waals surface area contributed by atoms with Gasteiger partial charge in [-0.2, -0.15) is 0 Å². The maximum atomic E-state index is 4.67. The van der Waals surface area contributed by atoms with E-state index in [0.717, 1.165) is 11.5 Å². The van der Waals surface area contributed by atoms with Gasteiger partial charge in [0.25, 0.3) is 0 Å². The smallest absolute Gasteiger partial charge is 0.135 e. The van der Waals surface area contributed by atoms with Gasteiger partial charge in [0, 0.05) is 24.3 Å². The molecule has 1 aliphatic heterocycles. The summed E-state index contributed by atoms with van der Waals surface area (Å²) < 4.78 is 0. The molecule has 0 bridgehead atoms. The Balaban J connectivity index is 1.92. The summed E-state index contributed by atoms with van der Waals surface area (Å²) in [6.07, 6.45) is 5.59. The van der Waals surface area contributed by atoms with E-state index in [2.05, 4.69) is 28.7 Å². The molecule has 1 saturated heterocycles. The molecule has 1 aliphatic carbocycles. The normalized spacial score (nSPS) is 21.9. The average Bonchev–Trinajstić information content (AvgIpc) is 3.03. The standard InChI is InChI=1S/C14H21N3/c1-10-11(2)15-12(3)16-13(10)17-8-4-5-14(9-17)6-7-14/h4-9H2,1-3H3. The molecule has 17 heavy (non-hydrogen) atoms. The molecule has 3 heteroatoms. The van der Waals surface area contributed by atoms with Crippen LogP contribution in [0.1, 0.15) is 42.8 Å². The Kier molecular flexibility index (Phi) is 2.39. The van der Waals surface area contributed by atoms with Crippen LogP contribution in [0.2, 0.25) is 0 Å². The summed E-state index contributed by atoms with van der Waals surface area (Å²) in [5.41, 5.74) is 3.04. The van der Waals surface area contributed by atoms with Crippen LogP contribution in [-0.4, -0.2) is 23.1 Å². The third kappa shape index (κ3) is 1.92. The molecule has 1 saturated carbocycles. The monoisotopic (exact) mass is 231 g/mol. The number of hydrogen-bond acceptors (Lipinski definition) is 3. The second-order valence-electron chi connectivity index (χ2n) is 5.83. The minimum absolute atomic E-state index is 0.650. The zero-order chi connectivity index (χ0) is 12.0. The largest absolute Gasteiger partial charge is 0.356 e. The quantitative estimate of drug-likeness (QED) is 0.744. The van der Waals surface area contributed by atoms with Gasteiger partial charge in [-0.15, -0.1) is 0 Å². The molecule has 2 heterocycles. The average molecular weight is 231 g/mol. The van der Waals surface area contributed by atoms with E-state index in [1.807, 2.05) is 6.92 Å². The lowest BCUT2D eigenvalue weighted by molar-refractivity contribution is 0.393. The lowest BCUT2D eigenvalue weighted by Crippen LogP contribution is -2.37. The van der Waals surface area contributed by atoms with Crippen molar-refractivity contribution in [1.82, 2.24) is 9.97 Å². The van der Waals surface area contributed by atoms with Crippen LogP contribution in [-0.2, 0) is 0 Å². The molecular formula is C14H21N3. The van der Waals surface area contributed by atoms with Crippen LogP contribution in [0, 0.1) is 26.2 Å². The van der Waals surface area contributed by atoms with Gasteiger partial charge in [0.15, 0.2) is 0 Å².